The van der Waals surface area contributed by atoms with Crippen molar-refractivity contribution >= 4 is 33.1 Å². The highest BCUT2D eigenvalue weighted by Crippen LogP contribution is 2.36. The maximum absolute atomic E-state index is 12.3. The van der Waals surface area contributed by atoms with E-state index in [0.717, 1.165) is 4.31 Å². The molecule has 0 aliphatic rings. The number of nitrogens with one attached hydrogen (secondary N) is 2. The smallest absolute Gasteiger partial charge is 0.258 e. The highest BCUT2D eigenvalue weighted by molar-refractivity contribution is 7.90. The van der Waals surface area contributed by atoms with Crippen LogP contribution in [0.1, 0.15) is 44.6 Å². The van der Waals surface area contributed by atoms with Crippen molar-refractivity contribution in [3.05, 3.63) is 23.5 Å². The van der Waals surface area contributed by atoms with Crippen LogP contribution in [0.5, 0.6) is 0 Å². The lowest BCUT2D eigenvalue weighted by atomic mass is 9.90. The molecule has 0 radical (unpaired) electrons. The summed E-state index contributed by atoms with van der Waals surface area (Å²) >= 11 is 0. The topological polar surface area (TPSA) is 144 Å². The number of allylic oxidation sites excluding steroid dienone is 1. The minimum Gasteiger partial charge on any atom is -0.258 e. The molecule has 2 aromatic heterocycles. The summed E-state index contributed by atoms with van der Waals surface area (Å²) in [6, 6.07) is 2.09. The predicted octanol–water partition coefficient (Wildman–Crippen LogP) is 2.98. The fourth-order valence-electron chi connectivity index (χ4n) is 2.38. The number of azo groups is 1. The van der Waals surface area contributed by atoms with Crippen LogP contribution in [-0.2, 0) is 22.7 Å². The van der Waals surface area contributed by atoms with Gasteiger partial charge in [-0.25, -0.2) is 4.68 Å². The Morgan fingerprint density at radius 1 is 1.34 bits per heavy atom. The molecule has 0 spiro atoms. The maximum Gasteiger partial charge on any atom is 0.302 e. The summed E-state index contributed by atoms with van der Waals surface area (Å²) < 4.78 is 29.4. The summed E-state index contributed by atoms with van der Waals surface area (Å²) in [6.07, 6.45) is 0. The number of hydrogen-bond acceptors (Lipinski definition) is 7. The highest BCUT2D eigenvalue weighted by atomic mass is 32.2. The van der Waals surface area contributed by atoms with Gasteiger partial charge in [0.2, 0.25) is 0 Å². The number of hydrogen-bond donors (Lipinski definition) is 2. The van der Waals surface area contributed by atoms with Gasteiger partial charge in [0.15, 0.2) is 17.3 Å². The van der Waals surface area contributed by atoms with Crippen LogP contribution in [0.2, 0.25) is 0 Å². The summed E-state index contributed by atoms with van der Waals surface area (Å²) in [7, 11) is 0.576. The van der Waals surface area contributed by atoms with Crippen molar-refractivity contribution in [1.29, 1.82) is 5.26 Å². The van der Waals surface area contributed by atoms with E-state index in [-0.39, 0.29) is 28.3 Å². The Kier molecular flexibility index (Phi) is 5.96. The zero-order valence-corrected chi connectivity index (χ0v) is 18.4. The SMILES string of the molecule is C=C(C)c1nn(C)c(NS(=O)(=O)N(C)C)c1/N=N/c1[nH]nc(C(C)(C)C)c1C#N. The van der Waals surface area contributed by atoms with Crippen molar-refractivity contribution in [2.75, 3.05) is 18.8 Å². The van der Waals surface area contributed by atoms with E-state index in [0.29, 0.717) is 17.0 Å². The second-order valence-corrected chi connectivity index (χ2v) is 9.58. The average molecular weight is 420 g/mol. The van der Waals surface area contributed by atoms with Gasteiger partial charge in [-0.1, -0.05) is 27.4 Å². The molecule has 0 saturated carbocycles. The molecular formula is C17H25N9O2S. The molecule has 0 unspecified atom stereocenters. The molecule has 156 valence electrons. The van der Waals surface area contributed by atoms with Crippen molar-refractivity contribution in [2.24, 2.45) is 17.3 Å². The number of nitriles is 1. The van der Waals surface area contributed by atoms with Gasteiger partial charge in [0.05, 0.1) is 5.69 Å². The van der Waals surface area contributed by atoms with Crippen LogP contribution in [0, 0.1) is 11.3 Å². The molecule has 12 heteroatoms. The molecule has 0 bridgehead atoms. The van der Waals surface area contributed by atoms with Gasteiger partial charge in [-0.15, -0.1) is 10.2 Å². The van der Waals surface area contributed by atoms with Crippen LogP contribution in [0.4, 0.5) is 17.3 Å². The number of rotatable bonds is 6. The predicted molar refractivity (Wildman–Crippen MR) is 110 cm³/mol. The van der Waals surface area contributed by atoms with Gasteiger partial charge in [-0.2, -0.15) is 28.2 Å². The molecule has 0 aliphatic heterocycles. The standard InChI is InChI=1S/C17H25N9O2S/c1-10(2)12-13(16(26(8)23-12)24-29(27,28)25(6)7)19-21-15-11(9-18)14(20-22-15)17(3,4)5/h24H,1H2,2-8H3,(H,20,22)/b21-19+. The Bertz CT molecular complexity index is 1110. The van der Waals surface area contributed by atoms with Gasteiger partial charge in [-0.3, -0.25) is 9.82 Å². The lowest BCUT2D eigenvalue weighted by Crippen LogP contribution is -2.29. The molecule has 0 amide bonds. The quantitative estimate of drug-likeness (QED) is 0.691. The molecule has 29 heavy (non-hydrogen) atoms. The lowest BCUT2D eigenvalue weighted by molar-refractivity contribution is 0.526. The van der Waals surface area contributed by atoms with Crippen molar-refractivity contribution in [3.63, 3.8) is 0 Å². The van der Waals surface area contributed by atoms with Gasteiger partial charge in [0, 0.05) is 26.6 Å². The fraction of sp³-hybridized carbons (Fsp3) is 0.471. The van der Waals surface area contributed by atoms with E-state index in [1.165, 1.54) is 18.8 Å². The molecule has 2 heterocycles. The third kappa shape index (κ3) is 4.52. The van der Waals surface area contributed by atoms with E-state index in [1.54, 1.807) is 14.0 Å². The largest absolute Gasteiger partial charge is 0.302 e. The van der Waals surface area contributed by atoms with Gasteiger partial charge in [0.1, 0.15) is 17.3 Å². The van der Waals surface area contributed by atoms with Gasteiger partial charge in [0.25, 0.3) is 0 Å². The first-order valence-electron chi connectivity index (χ1n) is 8.63. The number of anilines is 1. The van der Waals surface area contributed by atoms with Crippen LogP contribution < -0.4 is 4.72 Å². The first-order valence-corrected chi connectivity index (χ1v) is 10.1. The second kappa shape index (κ2) is 7.76. The second-order valence-electron chi connectivity index (χ2n) is 7.70. The summed E-state index contributed by atoms with van der Waals surface area (Å²) in [5.41, 5.74) is 1.61. The Morgan fingerprint density at radius 3 is 2.45 bits per heavy atom. The number of aromatic amines is 1. The first kappa shape index (κ1) is 22.3. The van der Waals surface area contributed by atoms with Gasteiger partial charge >= 0.3 is 10.2 Å². The molecule has 2 rings (SSSR count). The Hall–Kier alpha value is -3.04. The minimum absolute atomic E-state index is 0.120. The zero-order valence-electron chi connectivity index (χ0n) is 17.6. The molecule has 0 saturated heterocycles. The van der Waals surface area contributed by atoms with Crippen molar-refractivity contribution in [2.45, 2.75) is 33.1 Å². The van der Waals surface area contributed by atoms with E-state index < -0.39 is 10.2 Å². The van der Waals surface area contributed by atoms with Crippen molar-refractivity contribution < 1.29 is 8.42 Å². The van der Waals surface area contributed by atoms with E-state index in [9.17, 15) is 13.7 Å². The maximum atomic E-state index is 12.3. The minimum atomic E-state index is -3.80. The number of aryl methyl sites for hydroxylation is 1. The lowest BCUT2D eigenvalue weighted by Gasteiger charge is -2.14. The number of nitrogens with zero attached hydrogens (tertiary/aromatic N) is 7. The Balaban J connectivity index is 2.60. The van der Waals surface area contributed by atoms with Crippen LogP contribution in [-0.4, -0.2) is 46.8 Å². The van der Waals surface area contributed by atoms with Gasteiger partial charge in [-0.05, 0) is 12.5 Å². The molecule has 0 fully saturated rings. The Labute approximate surface area is 170 Å². The van der Waals surface area contributed by atoms with Crippen LogP contribution in [0.15, 0.2) is 16.8 Å². The van der Waals surface area contributed by atoms with Crippen LogP contribution in [0.25, 0.3) is 5.57 Å². The zero-order chi connectivity index (χ0) is 22.1. The third-order valence-corrected chi connectivity index (χ3v) is 5.36. The normalized spacial score (nSPS) is 12.5. The van der Waals surface area contributed by atoms with Crippen molar-refractivity contribution in [3.8, 4) is 6.07 Å². The van der Waals surface area contributed by atoms with Crippen LogP contribution in [0.3, 0.4) is 0 Å². The molecule has 0 aliphatic carbocycles. The molecule has 2 N–H and O–H groups in total. The molecule has 0 atom stereocenters. The Morgan fingerprint density at radius 2 is 1.97 bits per heavy atom. The van der Waals surface area contributed by atoms with E-state index in [2.05, 4.69) is 42.9 Å². The molecule has 0 aromatic carbocycles. The average Bonchev–Trinajstić information content (AvgIpc) is 3.14. The number of aromatic nitrogens is 4. The highest BCUT2D eigenvalue weighted by Gasteiger charge is 2.26. The van der Waals surface area contributed by atoms with Gasteiger partial charge < -0.3 is 0 Å². The summed E-state index contributed by atoms with van der Waals surface area (Å²) in [5, 5.41) is 29.0. The van der Waals surface area contributed by atoms with Crippen molar-refractivity contribution in [1.82, 2.24) is 24.3 Å². The molecule has 2 aromatic rings. The third-order valence-electron chi connectivity index (χ3n) is 3.95. The number of H-pyrrole nitrogens is 1. The molecular weight excluding hydrogens is 394 g/mol. The van der Waals surface area contributed by atoms with E-state index >= 15 is 0 Å². The van der Waals surface area contributed by atoms with Crippen LogP contribution >= 0.6 is 0 Å². The van der Waals surface area contributed by atoms with E-state index in [4.69, 9.17) is 0 Å². The molecule has 11 nitrogen and oxygen atoms in total. The summed E-state index contributed by atoms with van der Waals surface area (Å²) in [6.45, 7) is 11.4. The summed E-state index contributed by atoms with van der Waals surface area (Å²) in [5.74, 6) is 0.296. The van der Waals surface area contributed by atoms with E-state index in [1.807, 2.05) is 20.8 Å². The summed E-state index contributed by atoms with van der Waals surface area (Å²) in [4.78, 5) is 0. The first-order chi connectivity index (χ1) is 13.3. The fourth-order valence-corrected chi connectivity index (χ4v) is 3.03. The monoisotopic (exact) mass is 419 g/mol.